The third-order valence-corrected chi connectivity index (χ3v) is 4.47. The molecule has 2 N–H and O–H groups in total. The number of aromatic nitrogens is 1. The van der Waals surface area contributed by atoms with Gasteiger partial charge in [-0.05, 0) is 31.9 Å². The molecule has 1 fully saturated rings. The van der Waals surface area contributed by atoms with Crippen molar-refractivity contribution in [3.63, 3.8) is 0 Å². The van der Waals surface area contributed by atoms with Gasteiger partial charge in [-0.15, -0.1) is 0 Å². The Labute approximate surface area is 124 Å². The quantitative estimate of drug-likeness (QED) is 0.908. The van der Waals surface area contributed by atoms with Gasteiger partial charge in [-0.25, -0.2) is 0 Å². The van der Waals surface area contributed by atoms with E-state index in [0.717, 1.165) is 43.1 Å². The highest BCUT2D eigenvalue weighted by atomic mass is 16.3. The van der Waals surface area contributed by atoms with Crippen LogP contribution in [0.4, 0.5) is 0 Å². The molecule has 112 valence electrons. The lowest BCUT2D eigenvalue weighted by molar-refractivity contribution is 0.0448. The van der Waals surface area contributed by atoms with Gasteiger partial charge >= 0.3 is 0 Å². The summed E-state index contributed by atoms with van der Waals surface area (Å²) in [5.41, 5.74) is 1.03. The van der Waals surface area contributed by atoms with Crippen LogP contribution in [-0.4, -0.2) is 27.7 Å². The maximum Gasteiger partial charge on any atom is 0.268 e. The normalized spacial score (nSPS) is 17.2. The van der Waals surface area contributed by atoms with Crippen LogP contribution < -0.4 is 5.32 Å². The molecule has 1 aliphatic carbocycles. The minimum absolute atomic E-state index is 0.103. The molecule has 3 rings (SSSR count). The number of carbonyl (C=O) groups excluding carboxylic acids is 1. The first kappa shape index (κ1) is 14.1. The summed E-state index contributed by atoms with van der Waals surface area (Å²) >= 11 is 0. The Morgan fingerprint density at radius 3 is 2.76 bits per heavy atom. The van der Waals surface area contributed by atoms with Crippen LogP contribution in [0.1, 0.15) is 43.1 Å². The van der Waals surface area contributed by atoms with Gasteiger partial charge in [0, 0.05) is 24.0 Å². The molecule has 0 saturated heterocycles. The van der Waals surface area contributed by atoms with Gasteiger partial charge in [0.25, 0.3) is 5.91 Å². The molecule has 1 saturated carbocycles. The van der Waals surface area contributed by atoms with Gasteiger partial charge < -0.3 is 15.0 Å². The summed E-state index contributed by atoms with van der Waals surface area (Å²) in [5.74, 6) is -0.103. The number of carbonyl (C=O) groups is 1. The average molecular weight is 286 g/mol. The molecule has 0 aliphatic heterocycles. The Morgan fingerprint density at radius 2 is 2.05 bits per heavy atom. The fraction of sp³-hybridized carbons (Fsp3) is 0.471. The molecule has 0 atom stereocenters. The first-order valence-electron chi connectivity index (χ1n) is 7.72. The number of rotatable bonds is 4. The topological polar surface area (TPSA) is 54.3 Å². The Kier molecular flexibility index (Phi) is 3.72. The van der Waals surface area contributed by atoms with Gasteiger partial charge in [0.2, 0.25) is 0 Å². The summed E-state index contributed by atoms with van der Waals surface area (Å²) in [6, 6.07) is 9.93. The summed E-state index contributed by atoms with van der Waals surface area (Å²) in [4.78, 5) is 12.4. The van der Waals surface area contributed by atoms with E-state index in [1.165, 1.54) is 0 Å². The van der Waals surface area contributed by atoms with Crippen LogP contribution in [0.2, 0.25) is 0 Å². The van der Waals surface area contributed by atoms with Crippen LogP contribution in [0.25, 0.3) is 10.9 Å². The van der Waals surface area contributed by atoms with E-state index in [1.807, 2.05) is 41.8 Å². The molecule has 4 nitrogen and oxygen atoms in total. The molecule has 2 aromatic rings. The average Bonchev–Trinajstić information content (AvgIpc) is 3.08. The molecular weight excluding hydrogens is 264 g/mol. The monoisotopic (exact) mass is 286 g/mol. The highest BCUT2D eigenvalue weighted by Crippen LogP contribution is 2.28. The Bertz CT molecular complexity index is 654. The highest BCUT2D eigenvalue weighted by molar-refractivity contribution is 5.98. The predicted octanol–water partition coefficient (Wildman–Crippen LogP) is 2.70. The van der Waals surface area contributed by atoms with Gasteiger partial charge in [-0.2, -0.15) is 0 Å². The third-order valence-electron chi connectivity index (χ3n) is 4.47. The number of nitrogens with one attached hydrogen (secondary N) is 1. The smallest absolute Gasteiger partial charge is 0.268 e. The van der Waals surface area contributed by atoms with Crippen molar-refractivity contribution in [3.8, 4) is 0 Å². The first-order chi connectivity index (χ1) is 10.1. The molecule has 1 aliphatic rings. The molecule has 1 aromatic heterocycles. The van der Waals surface area contributed by atoms with Gasteiger partial charge in [0.15, 0.2) is 0 Å². The number of benzene rings is 1. The molecule has 0 spiro atoms. The number of aliphatic hydroxyl groups is 1. The zero-order valence-corrected chi connectivity index (χ0v) is 12.4. The van der Waals surface area contributed by atoms with E-state index in [1.54, 1.807) is 0 Å². The number of aryl methyl sites for hydroxylation is 1. The van der Waals surface area contributed by atoms with Crippen molar-refractivity contribution in [2.45, 2.75) is 44.8 Å². The maximum absolute atomic E-state index is 12.4. The van der Waals surface area contributed by atoms with E-state index in [9.17, 15) is 9.90 Å². The number of amides is 1. The second kappa shape index (κ2) is 5.53. The predicted molar refractivity (Wildman–Crippen MR) is 83.4 cm³/mol. The lowest BCUT2D eigenvalue weighted by Gasteiger charge is -2.22. The maximum atomic E-state index is 12.4. The van der Waals surface area contributed by atoms with E-state index in [2.05, 4.69) is 5.32 Å². The van der Waals surface area contributed by atoms with Crippen LogP contribution in [0.3, 0.4) is 0 Å². The van der Waals surface area contributed by atoms with Crippen molar-refractivity contribution in [1.82, 2.24) is 9.88 Å². The molecule has 0 unspecified atom stereocenters. The summed E-state index contributed by atoms with van der Waals surface area (Å²) < 4.78 is 2.02. The van der Waals surface area contributed by atoms with Crippen LogP contribution in [0, 0.1) is 0 Å². The van der Waals surface area contributed by atoms with E-state index < -0.39 is 5.60 Å². The van der Waals surface area contributed by atoms with Gasteiger partial charge in [-0.1, -0.05) is 31.0 Å². The number of para-hydroxylation sites is 1. The number of hydrogen-bond acceptors (Lipinski definition) is 2. The van der Waals surface area contributed by atoms with Crippen LogP contribution >= 0.6 is 0 Å². The largest absolute Gasteiger partial charge is 0.388 e. The van der Waals surface area contributed by atoms with Crippen molar-refractivity contribution in [1.29, 1.82) is 0 Å². The summed E-state index contributed by atoms with van der Waals surface area (Å²) in [7, 11) is 0. The third kappa shape index (κ3) is 2.68. The minimum Gasteiger partial charge on any atom is -0.388 e. The fourth-order valence-corrected chi connectivity index (χ4v) is 3.28. The highest BCUT2D eigenvalue weighted by Gasteiger charge is 2.31. The molecule has 1 amide bonds. The SMILES string of the molecule is CCn1c(C(=O)NCC2(O)CCCC2)cc2ccccc21. The molecule has 0 radical (unpaired) electrons. The fourth-order valence-electron chi connectivity index (χ4n) is 3.28. The number of fused-ring (bicyclic) bond motifs is 1. The Balaban J connectivity index is 1.81. The zero-order valence-electron chi connectivity index (χ0n) is 12.4. The summed E-state index contributed by atoms with van der Waals surface area (Å²) in [6.45, 7) is 3.13. The van der Waals surface area contributed by atoms with Crippen LogP contribution in [-0.2, 0) is 6.54 Å². The van der Waals surface area contributed by atoms with Crippen LogP contribution in [0.5, 0.6) is 0 Å². The second-order valence-electron chi connectivity index (χ2n) is 5.95. The van der Waals surface area contributed by atoms with E-state index in [0.29, 0.717) is 12.2 Å². The van der Waals surface area contributed by atoms with E-state index in [-0.39, 0.29) is 5.91 Å². The molecule has 1 heterocycles. The van der Waals surface area contributed by atoms with Crippen molar-refractivity contribution in [2.24, 2.45) is 0 Å². The number of nitrogens with zero attached hydrogens (tertiary/aromatic N) is 1. The molecule has 0 bridgehead atoms. The lowest BCUT2D eigenvalue weighted by atomic mass is 10.0. The molecule has 4 heteroatoms. The second-order valence-corrected chi connectivity index (χ2v) is 5.95. The van der Waals surface area contributed by atoms with Crippen LogP contribution in [0.15, 0.2) is 30.3 Å². The molecule has 1 aromatic carbocycles. The summed E-state index contributed by atoms with van der Waals surface area (Å²) in [6.07, 6.45) is 3.65. The molecular formula is C17H22N2O2. The zero-order chi connectivity index (χ0) is 14.9. The minimum atomic E-state index is -0.710. The molecule has 21 heavy (non-hydrogen) atoms. The number of hydrogen-bond donors (Lipinski definition) is 2. The lowest BCUT2D eigenvalue weighted by Crippen LogP contribution is -2.41. The van der Waals surface area contributed by atoms with Gasteiger partial charge in [0.05, 0.1) is 5.60 Å². The van der Waals surface area contributed by atoms with Crippen molar-refractivity contribution < 1.29 is 9.90 Å². The van der Waals surface area contributed by atoms with E-state index >= 15 is 0 Å². The first-order valence-corrected chi connectivity index (χ1v) is 7.72. The van der Waals surface area contributed by atoms with Gasteiger partial charge in [0.1, 0.15) is 5.69 Å². The Hall–Kier alpha value is -1.81. The van der Waals surface area contributed by atoms with Crippen molar-refractivity contribution in [3.05, 3.63) is 36.0 Å². The Morgan fingerprint density at radius 1 is 1.33 bits per heavy atom. The van der Waals surface area contributed by atoms with Crippen molar-refractivity contribution in [2.75, 3.05) is 6.54 Å². The van der Waals surface area contributed by atoms with E-state index in [4.69, 9.17) is 0 Å². The standard InChI is InChI=1S/C17H22N2O2/c1-2-19-14-8-4-3-7-13(14)11-15(19)16(20)18-12-17(21)9-5-6-10-17/h3-4,7-8,11,21H,2,5-6,9-10,12H2,1H3,(H,18,20). The van der Waals surface area contributed by atoms with Crippen molar-refractivity contribution >= 4 is 16.8 Å². The summed E-state index contributed by atoms with van der Waals surface area (Å²) in [5, 5.41) is 14.3. The van der Waals surface area contributed by atoms with Gasteiger partial charge in [-0.3, -0.25) is 4.79 Å².